The van der Waals surface area contributed by atoms with Crippen molar-refractivity contribution in [3.63, 3.8) is 0 Å². The van der Waals surface area contributed by atoms with E-state index in [9.17, 15) is 0 Å². The van der Waals surface area contributed by atoms with Gasteiger partial charge in [-0.25, -0.2) is 0 Å². The smallest absolute Gasteiger partial charge is 0.0822 e. The molecular weight excluding hydrogens is 186 g/mol. The zero-order chi connectivity index (χ0) is 10.1. The molecule has 1 aromatic rings. The Labute approximate surface area is 90.8 Å². The number of benzene rings is 1. The van der Waals surface area contributed by atoms with Gasteiger partial charge in [0, 0.05) is 19.6 Å². The van der Waals surface area contributed by atoms with Crippen molar-refractivity contribution >= 4 is 0 Å². The summed E-state index contributed by atoms with van der Waals surface area (Å²) in [4.78, 5) is 2.55. The van der Waals surface area contributed by atoms with E-state index in [-0.39, 0.29) is 0 Å². The number of nitrogens with zero attached hydrogens (tertiary/aromatic N) is 1. The van der Waals surface area contributed by atoms with Crippen LogP contribution in [0.1, 0.15) is 17.5 Å². The van der Waals surface area contributed by atoms with Gasteiger partial charge in [-0.05, 0) is 24.0 Å². The third-order valence-corrected chi connectivity index (χ3v) is 3.38. The summed E-state index contributed by atoms with van der Waals surface area (Å²) in [6.07, 6.45) is 2.99. The summed E-state index contributed by atoms with van der Waals surface area (Å²) in [6, 6.07) is 8.81. The van der Waals surface area contributed by atoms with Gasteiger partial charge in [-0.1, -0.05) is 24.3 Å². The molecule has 1 fully saturated rings. The Morgan fingerprint density at radius 1 is 1.27 bits per heavy atom. The van der Waals surface area contributed by atoms with Gasteiger partial charge in [0.25, 0.3) is 0 Å². The second-order valence-electron chi connectivity index (χ2n) is 4.54. The highest BCUT2D eigenvalue weighted by molar-refractivity contribution is 5.28. The molecule has 1 atom stereocenters. The molecular formula is C13H17NO. The van der Waals surface area contributed by atoms with Crippen LogP contribution in [-0.2, 0) is 17.7 Å². The summed E-state index contributed by atoms with van der Waals surface area (Å²) >= 11 is 0. The summed E-state index contributed by atoms with van der Waals surface area (Å²) in [5.41, 5.74) is 3.05. The zero-order valence-corrected chi connectivity index (χ0v) is 8.98. The van der Waals surface area contributed by atoms with Crippen LogP contribution in [-0.4, -0.2) is 30.7 Å². The van der Waals surface area contributed by atoms with E-state index in [1.54, 1.807) is 0 Å². The van der Waals surface area contributed by atoms with Gasteiger partial charge >= 0.3 is 0 Å². The number of rotatable bonds is 3. The Morgan fingerprint density at radius 2 is 2.07 bits per heavy atom. The van der Waals surface area contributed by atoms with Crippen molar-refractivity contribution in [2.24, 2.45) is 0 Å². The minimum Gasteiger partial charge on any atom is -0.373 e. The molecule has 2 heteroatoms. The lowest BCUT2D eigenvalue weighted by molar-refractivity contribution is 0.238. The quantitative estimate of drug-likeness (QED) is 0.697. The summed E-state index contributed by atoms with van der Waals surface area (Å²) in [5.74, 6) is 0. The Bertz CT molecular complexity index is 346. The van der Waals surface area contributed by atoms with E-state index < -0.39 is 0 Å². The van der Waals surface area contributed by atoms with Crippen LogP contribution < -0.4 is 0 Å². The second kappa shape index (κ2) is 3.95. The number of hydrogen-bond acceptors (Lipinski definition) is 2. The van der Waals surface area contributed by atoms with E-state index in [0.29, 0.717) is 6.10 Å². The van der Waals surface area contributed by atoms with Crippen LogP contribution in [0.15, 0.2) is 24.3 Å². The van der Waals surface area contributed by atoms with Crippen molar-refractivity contribution in [3.05, 3.63) is 35.4 Å². The normalized spacial score (nSPS) is 24.9. The van der Waals surface area contributed by atoms with Crippen LogP contribution in [0.3, 0.4) is 0 Å². The predicted molar refractivity (Wildman–Crippen MR) is 59.8 cm³/mol. The average Bonchev–Trinajstić information content (AvgIpc) is 3.10. The standard InChI is InChI=1S/C13H17NO/c1-2-4-12-9-14(7-5-11(12)3-1)8-6-13-10-15-13/h1-4,13H,5-10H2. The van der Waals surface area contributed by atoms with E-state index in [0.717, 1.165) is 13.2 Å². The molecule has 0 bridgehead atoms. The Hall–Kier alpha value is -0.860. The van der Waals surface area contributed by atoms with E-state index >= 15 is 0 Å². The topological polar surface area (TPSA) is 15.8 Å². The van der Waals surface area contributed by atoms with Gasteiger partial charge in [0.1, 0.15) is 0 Å². The predicted octanol–water partition coefficient (Wildman–Crippen LogP) is 1.83. The summed E-state index contributed by atoms with van der Waals surface area (Å²) in [5, 5.41) is 0. The van der Waals surface area contributed by atoms with Crippen molar-refractivity contribution in [2.45, 2.75) is 25.5 Å². The number of fused-ring (bicyclic) bond motifs is 1. The van der Waals surface area contributed by atoms with Crippen molar-refractivity contribution in [3.8, 4) is 0 Å². The summed E-state index contributed by atoms with van der Waals surface area (Å²) in [7, 11) is 0. The minimum absolute atomic E-state index is 0.571. The van der Waals surface area contributed by atoms with Gasteiger partial charge in [0.2, 0.25) is 0 Å². The molecule has 15 heavy (non-hydrogen) atoms. The van der Waals surface area contributed by atoms with Gasteiger partial charge in [-0.15, -0.1) is 0 Å². The Kier molecular flexibility index (Phi) is 2.47. The minimum atomic E-state index is 0.571. The fourth-order valence-corrected chi connectivity index (χ4v) is 2.31. The first-order valence-electron chi connectivity index (χ1n) is 5.82. The Morgan fingerprint density at radius 3 is 2.87 bits per heavy atom. The molecule has 0 N–H and O–H groups in total. The third-order valence-electron chi connectivity index (χ3n) is 3.38. The first-order chi connectivity index (χ1) is 7.42. The molecule has 2 aliphatic heterocycles. The van der Waals surface area contributed by atoms with E-state index in [2.05, 4.69) is 29.2 Å². The molecule has 2 heterocycles. The van der Waals surface area contributed by atoms with Gasteiger partial charge in [-0.3, -0.25) is 4.90 Å². The van der Waals surface area contributed by atoms with Crippen LogP contribution in [0.5, 0.6) is 0 Å². The van der Waals surface area contributed by atoms with Crippen LogP contribution in [0.25, 0.3) is 0 Å². The number of hydrogen-bond donors (Lipinski definition) is 0. The molecule has 0 aliphatic carbocycles. The lowest BCUT2D eigenvalue weighted by Crippen LogP contribution is -2.31. The van der Waals surface area contributed by atoms with Crippen LogP contribution in [0, 0.1) is 0 Å². The average molecular weight is 203 g/mol. The van der Waals surface area contributed by atoms with Crippen molar-refractivity contribution in [1.29, 1.82) is 0 Å². The highest BCUT2D eigenvalue weighted by Crippen LogP contribution is 2.20. The van der Waals surface area contributed by atoms with Crippen LogP contribution >= 0.6 is 0 Å². The molecule has 0 saturated carbocycles. The molecule has 0 radical (unpaired) electrons. The highest BCUT2D eigenvalue weighted by atomic mass is 16.6. The van der Waals surface area contributed by atoms with E-state index in [1.807, 2.05) is 0 Å². The number of epoxide rings is 1. The lowest BCUT2D eigenvalue weighted by Gasteiger charge is -2.28. The molecule has 0 spiro atoms. The second-order valence-corrected chi connectivity index (χ2v) is 4.54. The van der Waals surface area contributed by atoms with Crippen LogP contribution in [0.2, 0.25) is 0 Å². The fraction of sp³-hybridized carbons (Fsp3) is 0.538. The molecule has 2 aliphatic rings. The van der Waals surface area contributed by atoms with Gasteiger partial charge in [0.05, 0.1) is 12.7 Å². The Balaban J connectivity index is 1.61. The van der Waals surface area contributed by atoms with E-state index in [4.69, 9.17) is 4.74 Å². The van der Waals surface area contributed by atoms with Gasteiger partial charge in [0.15, 0.2) is 0 Å². The van der Waals surface area contributed by atoms with E-state index in [1.165, 1.54) is 37.1 Å². The fourth-order valence-electron chi connectivity index (χ4n) is 2.31. The third kappa shape index (κ3) is 2.21. The number of ether oxygens (including phenoxy) is 1. The molecule has 1 aromatic carbocycles. The zero-order valence-electron chi connectivity index (χ0n) is 8.98. The highest BCUT2D eigenvalue weighted by Gasteiger charge is 2.24. The molecule has 1 unspecified atom stereocenters. The largest absolute Gasteiger partial charge is 0.373 e. The summed E-state index contributed by atoms with van der Waals surface area (Å²) in [6.45, 7) is 4.52. The maximum atomic E-state index is 5.24. The SMILES string of the molecule is c1ccc2c(c1)CCN(CCC1CO1)C2. The maximum absolute atomic E-state index is 5.24. The van der Waals surface area contributed by atoms with Gasteiger partial charge < -0.3 is 4.74 Å². The molecule has 2 nitrogen and oxygen atoms in total. The molecule has 1 saturated heterocycles. The summed E-state index contributed by atoms with van der Waals surface area (Å²) < 4.78 is 5.24. The monoisotopic (exact) mass is 203 g/mol. The van der Waals surface area contributed by atoms with Crippen LogP contribution in [0.4, 0.5) is 0 Å². The van der Waals surface area contributed by atoms with Crippen molar-refractivity contribution < 1.29 is 4.74 Å². The molecule has 3 rings (SSSR count). The first kappa shape index (κ1) is 9.37. The van der Waals surface area contributed by atoms with Gasteiger partial charge in [-0.2, -0.15) is 0 Å². The van der Waals surface area contributed by atoms with Crippen molar-refractivity contribution in [1.82, 2.24) is 4.90 Å². The first-order valence-corrected chi connectivity index (χ1v) is 5.82. The molecule has 80 valence electrons. The van der Waals surface area contributed by atoms with Crippen molar-refractivity contribution in [2.75, 3.05) is 19.7 Å². The molecule has 0 amide bonds. The maximum Gasteiger partial charge on any atom is 0.0822 e. The molecule has 0 aromatic heterocycles. The lowest BCUT2D eigenvalue weighted by atomic mass is 10.00.